The third-order valence-electron chi connectivity index (χ3n) is 2.24. The third-order valence-corrected chi connectivity index (χ3v) is 2.24. The van der Waals surface area contributed by atoms with E-state index >= 15 is 0 Å². The smallest absolute Gasteiger partial charge is 0.0591 e. The van der Waals surface area contributed by atoms with Crippen LogP contribution >= 0.6 is 0 Å². The second-order valence-electron chi connectivity index (χ2n) is 3.05. The van der Waals surface area contributed by atoms with Gasteiger partial charge < -0.3 is 10.1 Å². The van der Waals surface area contributed by atoms with E-state index in [1.54, 1.807) is 0 Å². The molecule has 0 amide bonds. The Morgan fingerprint density at radius 1 is 1.44 bits per heavy atom. The van der Waals surface area contributed by atoms with Crippen LogP contribution < -0.4 is 5.32 Å². The zero-order chi connectivity index (χ0) is 6.10. The highest BCUT2D eigenvalue weighted by atomic mass is 16.5. The Morgan fingerprint density at radius 2 is 2.44 bits per heavy atom. The first-order valence-corrected chi connectivity index (χ1v) is 3.77. The van der Waals surface area contributed by atoms with Gasteiger partial charge >= 0.3 is 0 Å². The first kappa shape index (κ1) is 5.69. The minimum Gasteiger partial charge on any atom is -0.378 e. The predicted molar refractivity (Wildman–Crippen MR) is 35.3 cm³/mol. The Morgan fingerprint density at radius 3 is 3.44 bits per heavy atom. The van der Waals surface area contributed by atoms with Gasteiger partial charge in [0.05, 0.1) is 12.7 Å². The van der Waals surface area contributed by atoms with Gasteiger partial charge in [-0.2, -0.15) is 0 Å². The van der Waals surface area contributed by atoms with Gasteiger partial charge in [0.15, 0.2) is 0 Å². The van der Waals surface area contributed by atoms with Gasteiger partial charge in [0, 0.05) is 6.54 Å². The summed E-state index contributed by atoms with van der Waals surface area (Å²) >= 11 is 0. The predicted octanol–water partition coefficient (Wildman–Crippen LogP) is 0.385. The average Bonchev–Trinajstić information content (AvgIpc) is 2.09. The molecule has 0 aromatic carbocycles. The van der Waals surface area contributed by atoms with E-state index in [2.05, 4.69) is 5.32 Å². The van der Waals surface area contributed by atoms with Crippen molar-refractivity contribution in [3.8, 4) is 0 Å². The van der Waals surface area contributed by atoms with Gasteiger partial charge in [0.25, 0.3) is 0 Å². The van der Waals surface area contributed by atoms with Gasteiger partial charge in [-0.3, -0.25) is 0 Å². The first-order valence-electron chi connectivity index (χ1n) is 3.77. The zero-order valence-corrected chi connectivity index (χ0v) is 5.60. The molecule has 0 aromatic heterocycles. The summed E-state index contributed by atoms with van der Waals surface area (Å²) < 4.78 is 5.52. The molecule has 0 radical (unpaired) electrons. The Kier molecular flexibility index (Phi) is 1.44. The van der Waals surface area contributed by atoms with Gasteiger partial charge in [-0.1, -0.05) is 0 Å². The van der Waals surface area contributed by atoms with Crippen molar-refractivity contribution < 1.29 is 4.74 Å². The maximum Gasteiger partial charge on any atom is 0.0591 e. The lowest BCUT2D eigenvalue weighted by Gasteiger charge is -2.09. The molecule has 0 aromatic rings. The number of rotatable bonds is 0. The quantitative estimate of drug-likeness (QED) is 0.508. The highest BCUT2D eigenvalue weighted by molar-refractivity contribution is 4.79. The van der Waals surface area contributed by atoms with Crippen LogP contribution in [0.4, 0.5) is 0 Å². The summed E-state index contributed by atoms with van der Waals surface area (Å²) in [6.45, 7) is 3.33. The van der Waals surface area contributed by atoms with Crippen LogP contribution in [0.25, 0.3) is 0 Å². The summed E-state index contributed by atoms with van der Waals surface area (Å²) in [6, 6.07) is 0. The van der Waals surface area contributed by atoms with Crippen LogP contribution in [0.3, 0.4) is 0 Å². The number of nitrogens with one attached hydrogen (secondary N) is 1. The Labute approximate surface area is 55.6 Å². The molecular formula is C7H13NO. The lowest BCUT2D eigenvalue weighted by Crippen LogP contribution is -2.24. The molecule has 0 spiro atoms. The largest absolute Gasteiger partial charge is 0.378 e. The van der Waals surface area contributed by atoms with Crippen LogP contribution in [0, 0.1) is 5.92 Å². The summed E-state index contributed by atoms with van der Waals surface area (Å²) in [5, 5.41) is 3.40. The summed E-state index contributed by atoms with van der Waals surface area (Å²) in [6.07, 6.45) is 3.11. The maximum absolute atomic E-state index is 5.52. The third kappa shape index (κ3) is 1.10. The average molecular weight is 127 g/mol. The molecule has 2 saturated heterocycles. The zero-order valence-electron chi connectivity index (χ0n) is 5.60. The number of fused-ring (bicyclic) bond motifs is 2. The van der Waals surface area contributed by atoms with Crippen LogP contribution in [0.15, 0.2) is 0 Å². The number of ether oxygens (including phenoxy) is 1. The van der Waals surface area contributed by atoms with E-state index in [1.165, 1.54) is 19.4 Å². The molecule has 0 aliphatic carbocycles. The van der Waals surface area contributed by atoms with Crippen LogP contribution in [0.1, 0.15) is 12.8 Å². The molecule has 2 heteroatoms. The number of hydrogen-bond acceptors (Lipinski definition) is 2. The lowest BCUT2D eigenvalue weighted by molar-refractivity contribution is 0.0948. The number of hydrogen-bond donors (Lipinski definition) is 1. The molecule has 0 saturated carbocycles. The summed E-state index contributed by atoms with van der Waals surface area (Å²) in [4.78, 5) is 0. The topological polar surface area (TPSA) is 21.3 Å². The van der Waals surface area contributed by atoms with Gasteiger partial charge in [-0.15, -0.1) is 0 Å². The van der Waals surface area contributed by atoms with Crippen molar-refractivity contribution in [2.24, 2.45) is 5.92 Å². The normalized spacial score (nSPS) is 42.7. The fraction of sp³-hybridized carbons (Fsp3) is 1.00. The van der Waals surface area contributed by atoms with Gasteiger partial charge in [0.1, 0.15) is 0 Å². The molecule has 2 aliphatic rings. The van der Waals surface area contributed by atoms with E-state index in [0.717, 1.165) is 19.1 Å². The molecule has 9 heavy (non-hydrogen) atoms. The minimum atomic E-state index is 0.588. The van der Waals surface area contributed by atoms with Crippen LogP contribution in [0.5, 0.6) is 0 Å². The molecule has 2 rings (SSSR count). The van der Waals surface area contributed by atoms with E-state index in [4.69, 9.17) is 4.74 Å². The fourth-order valence-corrected chi connectivity index (χ4v) is 1.69. The van der Waals surface area contributed by atoms with Crippen molar-refractivity contribution >= 4 is 0 Å². The fourth-order valence-electron chi connectivity index (χ4n) is 1.69. The van der Waals surface area contributed by atoms with Crippen molar-refractivity contribution in [2.45, 2.75) is 18.9 Å². The van der Waals surface area contributed by atoms with E-state index in [9.17, 15) is 0 Å². The van der Waals surface area contributed by atoms with E-state index in [1.807, 2.05) is 0 Å². The Bertz CT molecular complexity index is 93.1. The molecule has 1 N–H and O–H groups in total. The molecule has 2 bridgehead atoms. The molecule has 2 atom stereocenters. The Hall–Kier alpha value is -0.0800. The van der Waals surface area contributed by atoms with Gasteiger partial charge in [0.2, 0.25) is 0 Å². The van der Waals surface area contributed by atoms with Crippen molar-refractivity contribution in [3.05, 3.63) is 0 Å². The van der Waals surface area contributed by atoms with Gasteiger partial charge in [-0.05, 0) is 25.3 Å². The molecule has 2 heterocycles. The van der Waals surface area contributed by atoms with Crippen molar-refractivity contribution in [1.82, 2.24) is 5.32 Å². The molecule has 2 fully saturated rings. The second kappa shape index (κ2) is 2.27. The highest BCUT2D eigenvalue weighted by Crippen LogP contribution is 2.22. The Balaban J connectivity index is 1.99. The van der Waals surface area contributed by atoms with Crippen LogP contribution in [-0.4, -0.2) is 25.8 Å². The molecular weight excluding hydrogens is 114 g/mol. The van der Waals surface area contributed by atoms with Crippen LogP contribution in [0.2, 0.25) is 0 Å². The summed E-state index contributed by atoms with van der Waals surface area (Å²) in [7, 11) is 0. The highest BCUT2D eigenvalue weighted by Gasteiger charge is 2.26. The standard InChI is InChI=1S/C7H13NO/c1-2-8-4-6-3-7(1)9-5-6/h6-8H,1-5H2. The van der Waals surface area contributed by atoms with E-state index in [0.29, 0.717) is 6.10 Å². The minimum absolute atomic E-state index is 0.588. The molecule has 52 valence electrons. The molecule has 2 nitrogen and oxygen atoms in total. The van der Waals surface area contributed by atoms with E-state index < -0.39 is 0 Å². The van der Waals surface area contributed by atoms with E-state index in [-0.39, 0.29) is 0 Å². The van der Waals surface area contributed by atoms with Crippen molar-refractivity contribution in [2.75, 3.05) is 19.7 Å². The monoisotopic (exact) mass is 127 g/mol. The molecule has 2 aliphatic heterocycles. The second-order valence-corrected chi connectivity index (χ2v) is 3.05. The molecule has 2 unspecified atom stereocenters. The van der Waals surface area contributed by atoms with Crippen molar-refractivity contribution in [3.63, 3.8) is 0 Å². The lowest BCUT2D eigenvalue weighted by atomic mass is 10.1. The maximum atomic E-state index is 5.52. The first-order chi connectivity index (χ1) is 4.45. The summed E-state index contributed by atoms with van der Waals surface area (Å²) in [5.74, 6) is 0.817. The SMILES string of the molecule is C1CC2CC(CN1)CO2. The van der Waals surface area contributed by atoms with Crippen LogP contribution in [-0.2, 0) is 4.74 Å². The van der Waals surface area contributed by atoms with Crippen molar-refractivity contribution in [1.29, 1.82) is 0 Å². The van der Waals surface area contributed by atoms with Gasteiger partial charge in [-0.25, -0.2) is 0 Å². The summed E-state index contributed by atoms with van der Waals surface area (Å²) in [5.41, 5.74) is 0.